The topological polar surface area (TPSA) is 67.2 Å². The predicted molar refractivity (Wildman–Crippen MR) is 106 cm³/mol. The van der Waals surface area contributed by atoms with Gasteiger partial charge in [0.05, 0.1) is 16.7 Å². The van der Waals surface area contributed by atoms with Gasteiger partial charge in [-0.05, 0) is 26.0 Å². The van der Waals surface area contributed by atoms with E-state index in [1.54, 1.807) is 0 Å². The Morgan fingerprint density at radius 1 is 1.11 bits per heavy atom. The summed E-state index contributed by atoms with van der Waals surface area (Å²) in [6.45, 7) is 3.86. The summed E-state index contributed by atoms with van der Waals surface area (Å²) in [6.07, 6.45) is -0.784. The molecule has 0 bridgehead atoms. The molecular formula is C22H19N3O2. The fourth-order valence-electron chi connectivity index (χ4n) is 3.99. The van der Waals surface area contributed by atoms with Crippen LogP contribution in [-0.4, -0.2) is 26.6 Å². The van der Waals surface area contributed by atoms with Crippen LogP contribution in [0.25, 0.3) is 33.1 Å². The Morgan fingerprint density at radius 2 is 1.85 bits per heavy atom. The summed E-state index contributed by atoms with van der Waals surface area (Å²) in [5.41, 5.74) is 4.58. The van der Waals surface area contributed by atoms with Crippen LogP contribution in [0.3, 0.4) is 0 Å². The Labute approximate surface area is 156 Å². The molecule has 0 saturated heterocycles. The highest BCUT2D eigenvalue weighted by atomic mass is 16.3. The van der Waals surface area contributed by atoms with Gasteiger partial charge in [-0.25, -0.2) is 4.98 Å². The quantitative estimate of drug-likeness (QED) is 0.573. The number of amides is 1. The molecule has 5 nitrogen and oxygen atoms in total. The van der Waals surface area contributed by atoms with E-state index in [0.29, 0.717) is 5.69 Å². The molecule has 0 fully saturated rings. The number of aromatic nitrogens is 2. The highest BCUT2D eigenvalue weighted by Gasteiger charge is 2.30. The third-order valence-electron chi connectivity index (χ3n) is 5.08. The van der Waals surface area contributed by atoms with Gasteiger partial charge in [-0.15, -0.1) is 0 Å². The van der Waals surface area contributed by atoms with Crippen LogP contribution in [0.2, 0.25) is 0 Å². The van der Waals surface area contributed by atoms with Crippen molar-refractivity contribution in [2.24, 2.45) is 0 Å². The summed E-state index contributed by atoms with van der Waals surface area (Å²) in [5, 5.41) is 15.9. The van der Waals surface area contributed by atoms with E-state index in [-0.39, 0.29) is 11.9 Å². The van der Waals surface area contributed by atoms with Crippen molar-refractivity contribution in [3.8, 4) is 11.3 Å². The summed E-state index contributed by atoms with van der Waals surface area (Å²) >= 11 is 0. The number of fused-ring (bicyclic) bond motifs is 5. The van der Waals surface area contributed by atoms with E-state index in [9.17, 15) is 9.90 Å². The summed E-state index contributed by atoms with van der Waals surface area (Å²) in [5.74, 6) is -0.191. The van der Waals surface area contributed by atoms with Gasteiger partial charge < -0.3 is 15.0 Å². The Balaban J connectivity index is 1.92. The van der Waals surface area contributed by atoms with Gasteiger partial charge in [0.1, 0.15) is 5.69 Å². The lowest BCUT2D eigenvalue weighted by Gasteiger charge is -2.25. The van der Waals surface area contributed by atoms with Crippen LogP contribution in [0.5, 0.6) is 0 Å². The molecule has 1 amide bonds. The van der Waals surface area contributed by atoms with Gasteiger partial charge in [0.25, 0.3) is 5.91 Å². The van der Waals surface area contributed by atoms with Crippen LogP contribution in [0, 0.1) is 0 Å². The Morgan fingerprint density at radius 3 is 2.67 bits per heavy atom. The van der Waals surface area contributed by atoms with Crippen molar-refractivity contribution in [3.63, 3.8) is 0 Å². The predicted octanol–water partition coefficient (Wildman–Crippen LogP) is 3.85. The van der Waals surface area contributed by atoms with E-state index >= 15 is 0 Å². The first-order valence-corrected chi connectivity index (χ1v) is 9.08. The van der Waals surface area contributed by atoms with E-state index in [4.69, 9.17) is 4.98 Å². The number of benzene rings is 2. The Bertz CT molecular complexity index is 1220. The van der Waals surface area contributed by atoms with Crippen molar-refractivity contribution in [2.75, 3.05) is 0 Å². The maximum atomic E-state index is 12.7. The monoisotopic (exact) mass is 357 g/mol. The molecule has 1 unspecified atom stereocenters. The zero-order chi connectivity index (χ0) is 18.7. The summed E-state index contributed by atoms with van der Waals surface area (Å²) in [6, 6.07) is 17.5. The van der Waals surface area contributed by atoms with Gasteiger partial charge in [0, 0.05) is 27.9 Å². The third kappa shape index (κ3) is 2.22. The molecule has 0 aliphatic carbocycles. The SMILES string of the molecule is CC(C)NC(=O)c1cc2c3ccccc3n3c2c(n1)-c1ccccc1C3O. The normalized spacial score (nSPS) is 15.3. The number of para-hydroxylation sites is 1. The molecule has 5 heteroatoms. The average Bonchev–Trinajstić information content (AvgIpc) is 3.00. The minimum atomic E-state index is -0.784. The molecule has 1 aliphatic heterocycles. The number of nitrogens with one attached hydrogen (secondary N) is 1. The number of hydrogen-bond donors (Lipinski definition) is 2. The van der Waals surface area contributed by atoms with Gasteiger partial charge in [0.15, 0.2) is 6.23 Å². The first-order chi connectivity index (χ1) is 13.1. The molecule has 3 heterocycles. The van der Waals surface area contributed by atoms with E-state index in [0.717, 1.165) is 38.6 Å². The van der Waals surface area contributed by atoms with Crippen LogP contribution < -0.4 is 5.32 Å². The number of hydrogen-bond acceptors (Lipinski definition) is 3. The molecule has 2 N–H and O–H groups in total. The first kappa shape index (κ1) is 16.0. The minimum Gasteiger partial charge on any atom is -0.369 e. The summed E-state index contributed by atoms with van der Waals surface area (Å²) in [7, 11) is 0. The minimum absolute atomic E-state index is 0.0294. The smallest absolute Gasteiger partial charge is 0.270 e. The standard InChI is InChI=1S/C22H19N3O2/c1-12(2)23-21(26)17-11-16-13-7-5-6-10-18(13)25-20(16)19(24-17)14-8-3-4-9-15(14)22(25)27/h3-12,22,27H,1-2H3,(H,23,26). The van der Waals surface area contributed by atoms with Crippen LogP contribution in [0.4, 0.5) is 0 Å². The Hall–Kier alpha value is -3.18. The largest absolute Gasteiger partial charge is 0.369 e. The molecule has 2 aromatic heterocycles. The van der Waals surface area contributed by atoms with Gasteiger partial charge >= 0.3 is 0 Å². The van der Waals surface area contributed by atoms with Crippen molar-refractivity contribution in [2.45, 2.75) is 26.1 Å². The second-order valence-corrected chi connectivity index (χ2v) is 7.23. The number of aliphatic hydroxyl groups is 1. The average molecular weight is 357 g/mol. The zero-order valence-electron chi connectivity index (χ0n) is 15.1. The molecule has 0 spiro atoms. The number of rotatable bonds is 2. The fourth-order valence-corrected chi connectivity index (χ4v) is 3.99. The van der Waals surface area contributed by atoms with Crippen molar-refractivity contribution in [1.29, 1.82) is 0 Å². The summed E-state index contributed by atoms with van der Waals surface area (Å²) < 4.78 is 1.92. The zero-order valence-corrected chi connectivity index (χ0v) is 15.1. The lowest BCUT2D eigenvalue weighted by atomic mass is 9.97. The molecule has 5 rings (SSSR count). The third-order valence-corrected chi connectivity index (χ3v) is 5.08. The Kier molecular flexibility index (Phi) is 3.36. The van der Waals surface area contributed by atoms with Crippen molar-refractivity contribution >= 4 is 27.7 Å². The first-order valence-electron chi connectivity index (χ1n) is 9.08. The highest BCUT2D eigenvalue weighted by molar-refractivity contribution is 6.14. The van der Waals surface area contributed by atoms with Crippen LogP contribution in [-0.2, 0) is 0 Å². The highest BCUT2D eigenvalue weighted by Crippen LogP contribution is 2.44. The van der Waals surface area contributed by atoms with Crippen LogP contribution >= 0.6 is 0 Å². The van der Waals surface area contributed by atoms with E-state index in [1.165, 1.54) is 0 Å². The van der Waals surface area contributed by atoms with Gasteiger partial charge in [-0.2, -0.15) is 0 Å². The summed E-state index contributed by atoms with van der Waals surface area (Å²) in [4.78, 5) is 17.4. The molecule has 0 radical (unpaired) electrons. The number of carbonyl (C=O) groups excluding carboxylic acids is 1. The lowest BCUT2D eigenvalue weighted by Crippen LogP contribution is -2.31. The maximum absolute atomic E-state index is 12.7. The lowest BCUT2D eigenvalue weighted by molar-refractivity contribution is 0.0938. The molecule has 1 atom stereocenters. The van der Waals surface area contributed by atoms with Gasteiger partial charge in [-0.1, -0.05) is 42.5 Å². The molecule has 2 aromatic carbocycles. The second-order valence-electron chi connectivity index (χ2n) is 7.23. The van der Waals surface area contributed by atoms with E-state index in [1.807, 2.05) is 73.0 Å². The fraction of sp³-hybridized carbons (Fsp3) is 0.182. The van der Waals surface area contributed by atoms with E-state index < -0.39 is 6.23 Å². The number of carbonyl (C=O) groups is 1. The van der Waals surface area contributed by atoms with E-state index in [2.05, 4.69) is 5.32 Å². The number of nitrogens with zero attached hydrogens (tertiary/aromatic N) is 2. The van der Waals surface area contributed by atoms with Gasteiger partial charge in [-0.3, -0.25) is 4.79 Å². The van der Waals surface area contributed by atoms with Crippen molar-refractivity contribution < 1.29 is 9.90 Å². The molecule has 1 aliphatic rings. The number of pyridine rings is 1. The molecule has 0 saturated carbocycles. The second kappa shape index (κ2) is 5.66. The maximum Gasteiger partial charge on any atom is 0.270 e. The van der Waals surface area contributed by atoms with Crippen molar-refractivity contribution in [3.05, 3.63) is 65.9 Å². The van der Waals surface area contributed by atoms with Crippen LogP contribution in [0.15, 0.2) is 54.6 Å². The van der Waals surface area contributed by atoms with Gasteiger partial charge in [0.2, 0.25) is 0 Å². The number of aliphatic hydroxyl groups excluding tert-OH is 1. The molecular weight excluding hydrogens is 338 g/mol. The molecule has 134 valence electrons. The van der Waals surface area contributed by atoms with Crippen LogP contribution in [0.1, 0.15) is 36.1 Å². The molecule has 4 aromatic rings. The molecule has 27 heavy (non-hydrogen) atoms. The van der Waals surface area contributed by atoms with Crippen molar-refractivity contribution in [1.82, 2.24) is 14.9 Å².